The molecular formula is C12H22BrNO. The minimum atomic E-state index is 0.344. The second-order valence-electron chi connectivity index (χ2n) is 4.84. The van der Waals surface area contributed by atoms with Crippen molar-refractivity contribution in [2.24, 2.45) is 5.92 Å². The highest BCUT2D eigenvalue weighted by atomic mass is 79.9. The van der Waals surface area contributed by atoms with Gasteiger partial charge in [0.1, 0.15) is 0 Å². The van der Waals surface area contributed by atoms with E-state index in [9.17, 15) is 4.79 Å². The van der Waals surface area contributed by atoms with Gasteiger partial charge in [0.05, 0.1) is 0 Å². The Morgan fingerprint density at radius 3 is 2.73 bits per heavy atom. The van der Waals surface area contributed by atoms with Gasteiger partial charge in [0.25, 0.3) is 0 Å². The summed E-state index contributed by atoms with van der Waals surface area (Å²) in [7, 11) is 0. The normalized spacial score (nSPS) is 22.9. The van der Waals surface area contributed by atoms with E-state index >= 15 is 0 Å². The highest BCUT2D eigenvalue weighted by Crippen LogP contribution is 2.20. The first-order chi connectivity index (χ1) is 7.15. The minimum absolute atomic E-state index is 0.344. The molecular weight excluding hydrogens is 254 g/mol. The van der Waals surface area contributed by atoms with E-state index < -0.39 is 0 Å². The van der Waals surface area contributed by atoms with Crippen molar-refractivity contribution in [2.75, 3.05) is 11.9 Å². The number of carbonyl (C=O) groups excluding carboxylic acids is 1. The Kier molecular flexibility index (Phi) is 5.65. The lowest BCUT2D eigenvalue weighted by atomic mass is 10.1. The molecule has 88 valence electrons. The largest absolute Gasteiger partial charge is 0.339 e. The molecule has 0 saturated carbocycles. The van der Waals surface area contributed by atoms with Gasteiger partial charge in [0, 0.05) is 24.3 Å². The van der Waals surface area contributed by atoms with Crippen LogP contribution in [0.15, 0.2) is 0 Å². The van der Waals surface area contributed by atoms with Gasteiger partial charge in [-0.1, -0.05) is 42.6 Å². The van der Waals surface area contributed by atoms with Gasteiger partial charge < -0.3 is 4.90 Å². The number of rotatable bonds is 3. The summed E-state index contributed by atoms with van der Waals surface area (Å²) in [5, 5.41) is 0.927. The number of carbonyl (C=O) groups is 1. The highest BCUT2D eigenvalue weighted by molar-refractivity contribution is 9.09. The molecule has 1 aliphatic rings. The molecule has 1 unspecified atom stereocenters. The number of halogens is 1. The van der Waals surface area contributed by atoms with Crippen molar-refractivity contribution in [3.05, 3.63) is 0 Å². The maximum atomic E-state index is 12.0. The molecule has 1 amide bonds. The molecule has 0 aromatic carbocycles. The number of hydrogen-bond donors (Lipinski definition) is 0. The standard InChI is InChI=1S/C12H22BrNO/c1-10(2)8-12(15)14-7-5-3-4-6-11(14)9-13/h10-11H,3-9H2,1-2H3. The Bertz CT molecular complexity index is 206. The Morgan fingerprint density at radius 1 is 1.40 bits per heavy atom. The predicted octanol–water partition coefficient (Wildman–Crippen LogP) is 3.20. The molecule has 0 radical (unpaired) electrons. The molecule has 0 N–H and O–H groups in total. The van der Waals surface area contributed by atoms with E-state index in [0.29, 0.717) is 24.3 Å². The van der Waals surface area contributed by atoms with Gasteiger partial charge in [0.15, 0.2) is 0 Å². The zero-order valence-electron chi connectivity index (χ0n) is 9.84. The van der Waals surface area contributed by atoms with E-state index in [2.05, 4.69) is 34.7 Å². The molecule has 1 aliphatic heterocycles. The van der Waals surface area contributed by atoms with Crippen LogP contribution in [0.4, 0.5) is 0 Å². The van der Waals surface area contributed by atoms with E-state index in [1.54, 1.807) is 0 Å². The fourth-order valence-electron chi connectivity index (χ4n) is 2.13. The zero-order chi connectivity index (χ0) is 11.3. The summed E-state index contributed by atoms with van der Waals surface area (Å²) in [5.74, 6) is 0.813. The van der Waals surface area contributed by atoms with E-state index in [-0.39, 0.29) is 0 Å². The first-order valence-electron chi connectivity index (χ1n) is 6.00. The molecule has 0 aliphatic carbocycles. The third-order valence-corrected chi connectivity index (χ3v) is 3.71. The van der Waals surface area contributed by atoms with Crippen LogP contribution in [0, 0.1) is 5.92 Å². The number of nitrogens with zero attached hydrogens (tertiary/aromatic N) is 1. The van der Waals surface area contributed by atoms with E-state index in [0.717, 1.165) is 18.3 Å². The summed E-state index contributed by atoms with van der Waals surface area (Å²) in [6.07, 6.45) is 5.57. The first kappa shape index (κ1) is 13.0. The topological polar surface area (TPSA) is 20.3 Å². The Hall–Kier alpha value is -0.0500. The van der Waals surface area contributed by atoms with Crippen LogP contribution in [0.5, 0.6) is 0 Å². The van der Waals surface area contributed by atoms with Gasteiger partial charge in [-0.25, -0.2) is 0 Å². The third-order valence-electron chi connectivity index (χ3n) is 2.96. The average Bonchev–Trinajstić information content (AvgIpc) is 2.40. The molecule has 3 heteroatoms. The fraction of sp³-hybridized carbons (Fsp3) is 0.917. The van der Waals surface area contributed by atoms with Gasteiger partial charge in [-0.3, -0.25) is 4.79 Å². The second kappa shape index (κ2) is 6.51. The van der Waals surface area contributed by atoms with Crippen molar-refractivity contribution in [3.63, 3.8) is 0 Å². The molecule has 1 atom stereocenters. The van der Waals surface area contributed by atoms with Crippen LogP contribution in [-0.4, -0.2) is 28.7 Å². The SMILES string of the molecule is CC(C)CC(=O)N1CCCCCC1CBr. The van der Waals surface area contributed by atoms with E-state index in [1.165, 1.54) is 19.3 Å². The van der Waals surface area contributed by atoms with Gasteiger partial charge in [0.2, 0.25) is 5.91 Å². The van der Waals surface area contributed by atoms with Crippen molar-refractivity contribution < 1.29 is 4.79 Å². The Labute approximate surface area is 102 Å². The van der Waals surface area contributed by atoms with Crippen molar-refractivity contribution in [3.8, 4) is 0 Å². The molecule has 0 aromatic heterocycles. The molecule has 2 nitrogen and oxygen atoms in total. The molecule has 1 heterocycles. The highest BCUT2D eigenvalue weighted by Gasteiger charge is 2.24. The van der Waals surface area contributed by atoms with Gasteiger partial charge in [-0.2, -0.15) is 0 Å². The van der Waals surface area contributed by atoms with Crippen LogP contribution in [0.1, 0.15) is 46.0 Å². The molecule has 0 aromatic rings. The predicted molar refractivity (Wildman–Crippen MR) is 67.2 cm³/mol. The summed E-state index contributed by atoms with van der Waals surface area (Å²) in [6.45, 7) is 5.18. The van der Waals surface area contributed by atoms with Gasteiger partial charge in [-0.15, -0.1) is 0 Å². The molecule has 1 fully saturated rings. The Morgan fingerprint density at radius 2 is 2.13 bits per heavy atom. The second-order valence-corrected chi connectivity index (χ2v) is 5.49. The number of hydrogen-bond acceptors (Lipinski definition) is 1. The lowest BCUT2D eigenvalue weighted by molar-refractivity contribution is -0.133. The summed E-state index contributed by atoms with van der Waals surface area (Å²) in [5.41, 5.74) is 0. The summed E-state index contributed by atoms with van der Waals surface area (Å²) in [6, 6.07) is 0.429. The molecule has 1 rings (SSSR count). The number of alkyl halides is 1. The summed E-state index contributed by atoms with van der Waals surface area (Å²) in [4.78, 5) is 14.1. The summed E-state index contributed by atoms with van der Waals surface area (Å²) < 4.78 is 0. The third kappa shape index (κ3) is 4.13. The van der Waals surface area contributed by atoms with Crippen LogP contribution in [0.25, 0.3) is 0 Å². The maximum Gasteiger partial charge on any atom is 0.223 e. The first-order valence-corrected chi connectivity index (χ1v) is 7.12. The van der Waals surface area contributed by atoms with Crippen LogP contribution in [-0.2, 0) is 4.79 Å². The lowest BCUT2D eigenvalue weighted by Crippen LogP contribution is -2.41. The smallest absolute Gasteiger partial charge is 0.223 e. The zero-order valence-corrected chi connectivity index (χ0v) is 11.4. The van der Waals surface area contributed by atoms with Crippen LogP contribution >= 0.6 is 15.9 Å². The number of likely N-dealkylation sites (tertiary alicyclic amines) is 1. The average molecular weight is 276 g/mol. The van der Waals surface area contributed by atoms with E-state index in [1.807, 2.05) is 0 Å². The van der Waals surface area contributed by atoms with Crippen molar-refractivity contribution in [1.29, 1.82) is 0 Å². The molecule has 0 spiro atoms. The number of amides is 1. The molecule has 15 heavy (non-hydrogen) atoms. The summed E-state index contributed by atoms with van der Waals surface area (Å²) >= 11 is 3.53. The fourth-order valence-corrected chi connectivity index (χ4v) is 2.81. The van der Waals surface area contributed by atoms with Crippen LogP contribution in [0.3, 0.4) is 0 Å². The molecule has 0 bridgehead atoms. The van der Waals surface area contributed by atoms with Crippen molar-refractivity contribution >= 4 is 21.8 Å². The maximum absolute atomic E-state index is 12.0. The van der Waals surface area contributed by atoms with Crippen LogP contribution < -0.4 is 0 Å². The van der Waals surface area contributed by atoms with Gasteiger partial charge in [-0.05, 0) is 18.8 Å². The van der Waals surface area contributed by atoms with Crippen LogP contribution in [0.2, 0.25) is 0 Å². The monoisotopic (exact) mass is 275 g/mol. The van der Waals surface area contributed by atoms with Gasteiger partial charge >= 0.3 is 0 Å². The Balaban J connectivity index is 2.57. The van der Waals surface area contributed by atoms with E-state index in [4.69, 9.17) is 0 Å². The minimum Gasteiger partial charge on any atom is -0.339 e. The molecule has 1 saturated heterocycles. The van der Waals surface area contributed by atoms with Crippen molar-refractivity contribution in [1.82, 2.24) is 4.90 Å². The lowest BCUT2D eigenvalue weighted by Gasteiger charge is -2.29. The quantitative estimate of drug-likeness (QED) is 0.725. The van der Waals surface area contributed by atoms with Crippen molar-refractivity contribution in [2.45, 2.75) is 52.0 Å².